The lowest BCUT2D eigenvalue weighted by atomic mass is 10.00. The zero-order valence-corrected chi connectivity index (χ0v) is 22.2. The Morgan fingerprint density at radius 2 is 1.33 bits per heavy atom. The summed E-state index contributed by atoms with van der Waals surface area (Å²) in [5, 5.41) is 21.7. The Morgan fingerprint density at radius 1 is 0.795 bits per heavy atom. The highest BCUT2D eigenvalue weighted by atomic mass is 16.6. The van der Waals surface area contributed by atoms with Crippen molar-refractivity contribution in [3.8, 4) is 51.4 Å². The number of phenols is 2. The molecule has 0 amide bonds. The van der Waals surface area contributed by atoms with Gasteiger partial charge < -0.3 is 19.7 Å². The van der Waals surface area contributed by atoms with Crippen molar-refractivity contribution in [3.05, 3.63) is 72.8 Å². The summed E-state index contributed by atoms with van der Waals surface area (Å²) in [6.45, 7) is 4.21. The lowest BCUT2D eigenvalue weighted by Gasteiger charge is -2.15. The minimum absolute atomic E-state index is 0.0623. The van der Waals surface area contributed by atoms with Gasteiger partial charge in [-0.2, -0.15) is 0 Å². The van der Waals surface area contributed by atoms with Gasteiger partial charge in [0.15, 0.2) is 17.5 Å². The number of carbonyl (C=O) groups is 1. The van der Waals surface area contributed by atoms with Crippen LogP contribution in [0.5, 0.6) is 17.2 Å². The normalized spacial score (nSPS) is 11.6. The first kappa shape index (κ1) is 27.6. The van der Waals surface area contributed by atoms with E-state index in [0.717, 1.165) is 36.8 Å². The number of unbranched alkanes of at least 4 members (excludes halogenated alkanes) is 1. The molecule has 0 saturated heterocycles. The Hall–Kier alpha value is -4.46. The first-order chi connectivity index (χ1) is 19.0. The molecule has 39 heavy (non-hydrogen) atoms. The molecule has 1 unspecified atom stereocenters. The molecular formula is C31H33N3O5. The number of esters is 1. The lowest BCUT2D eigenvalue weighted by molar-refractivity contribution is -0.149. The minimum Gasteiger partial charge on any atom is -0.507 e. The second-order valence-electron chi connectivity index (χ2n) is 9.14. The fourth-order valence-corrected chi connectivity index (χ4v) is 4.18. The maximum absolute atomic E-state index is 12.3. The van der Waals surface area contributed by atoms with Crippen molar-refractivity contribution >= 4 is 5.97 Å². The highest BCUT2D eigenvalue weighted by molar-refractivity contribution is 5.75. The summed E-state index contributed by atoms with van der Waals surface area (Å²) in [5.41, 5.74) is 1.60. The highest BCUT2D eigenvalue weighted by Gasteiger charge is 2.20. The molecule has 4 rings (SSSR count). The van der Waals surface area contributed by atoms with E-state index in [0.29, 0.717) is 11.6 Å². The van der Waals surface area contributed by atoms with Crippen molar-refractivity contribution < 1.29 is 24.5 Å². The molecule has 0 aliphatic heterocycles. The highest BCUT2D eigenvalue weighted by Crippen LogP contribution is 2.40. The first-order valence-corrected chi connectivity index (χ1v) is 13.2. The average molecular weight is 528 g/mol. The molecule has 202 valence electrons. The van der Waals surface area contributed by atoms with Gasteiger partial charge in [0.25, 0.3) is 0 Å². The van der Waals surface area contributed by atoms with E-state index in [2.05, 4.69) is 21.9 Å². The molecule has 0 fully saturated rings. The number of phenolic OH excluding ortho intramolecular Hbond substituents is 2. The molecule has 0 aliphatic carbocycles. The number of ether oxygens (including phenoxy) is 2. The number of carbonyl (C=O) groups excluding carboxylic acids is 1. The van der Waals surface area contributed by atoms with E-state index >= 15 is 0 Å². The molecule has 0 aliphatic rings. The molecule has 1 aromatic heterocycles. The summed E-state index contributed by atoms with van der Waals surface area (Å²) >= 11 is 0. The van der Waals surface area contributed by atoms with Gasteiger partial charge >= 0.3 is 5.97 Å². The van der Waals surface area contributed by atoms with Gasteiger partial charge in [-0.3, -0.25) is 4.79 Å². The Kier molecular flexibility index (Phi) is 9.45. The molecule has 0 spiro atoms. The quantitative estimate of drug-likeness (QED) is 0.160. The summed E-state index contributed by atoms with van der Waals surface area (Å²) in [6.07, 6.45) is 3.56. The number of rotatable bonds is 12. The molecule has 4 aromatic rings. The van der Waals surface area contributed by atoms with E-state index in [1.807, 2.05) is 67.6 Å². The smallest absolute Gasteiger partial charge is 0.309 e. The first-order valence-electron chi connectivity index (χ1n) is 13.2. The van der Waals surface area contributed by atoms with Gasteiger partial charge in [0.05, 0.1) is 5.92 Å². The largest absolute Gasteiger partial charge is 0.507 e. The van der Waals surface area contributed by atoms with Crippen LogP contribution in [-0.2, 0) is 9.53 Å². The molecule has 0 saturated carbocycles. The predicted octanol–water partition coefficient (Wildman–Crippen LogP) is 6.42. The van der Waals surface area contributed by atoms with Gasteiger partial charge in [0.1, 0.15) is 36.0 Å². The third kappa shape index (κ3) is 7.10. The van der Waals surface area contributed by atoms with Gasteiger partial charge in [-0.1, -0.05) is 87.4 Å². The number of benzene rings is 3. The van der Waals surface area contributed by atoms with E-state index < -0.39 is 0 Å². The molecule has 3 aromatic carbocycles. The zero-order chi connectivity index (χ0) is 27.6. The summed E-state index contributed by atoms with van der Waals surface area (Å²) in [5.74, 6) is 0.315. The van der Waals surface area contributed by atoms with Gasteiger partial charge in [-0.05, 0) is 12.8 Å². The van der Waals surface area contributed by atoms with Crippen LogP contribution >= 0.6 is 0 Å². The lowest BCUT2D eigenvalue weighted by Crippen LogP contribution is -2.20. The number of hydrogen-bond donors (Lipinski definition) is 2. The SMILES string of the molecule is CCCCC(CC)C(=O)OCCOc1cc(O)c(-c2nc(-c3ccccc3)nc(-c3ccccc3)n2)c(O)c1. The number of aromatic nitrogens is 3. The van der Waals surface area contributed by atoms with E-state index in [4.69, 9.17) is 9.47 Å². The molecular weight excluding hydrogens is 494 g/mol. The van der Waals surface area contributed by atoms with E-state index in [-0.39, 0.29) is 53.7 Å². The average Bonchev–Trinajstić information content (AvgIpc) is 2.96. The van der Waals surface area contributed by atoms with Gasteiger partial charge in [-0.25, -0.2) is 15.0 Å². The molecule has 0 bridgehead atoms. The Labute approximate surface area is 228 Å². The van der Waals surface area contributed by atoms with Crippen molar-refractivity contribution in [2.45, 2.75) is 39.5 Å². The van der Waals surface area contributed by atoms with Gasteiger partial charge in [-0.15, -0.1) is 0 Å². The number of hydrogen-bond acceptors (Lipinski definition) is 8. The molecule has 1 atom stereocenters. The van der Waals surface area contributed by atoms with Crippen molar-refractivity contribution in [1.29, 1.82) is 0 Å². The second kappa shape index (κ2) is 13.4. The third-order valence-electron chi connectivity index (χ3n) is 6.32. The molecule has 0 radical (unpaired) electrons. The minimum atomic E-state index is -0.253. The third-order valence-corrected chi connectivity index (χ3v) is 6.32. The van der Waals surface area contributed by atoms with Crippen LogP contribution in [0, 0.1) is 5.92 Å². The van der Waals surface area contributed by atoms with Crippen LogP contribution in [0.3, 0.4) is 0 Å². The molecule has 2 N–H and O–H groups in total. The standard InChI is InChI=1S/C31H33N3O5/c1-3-5-12-21(4-2)31(37)39-18-17-38-24-19-25(35)27(26(36)20-24)30-33-28(22-13-8-6-9-14-22)32-29(34-30)23-15-10-7-11-16-23/h6-11,13-16,19-21,35-36H,3-5,12,17-18H2,1-2H3. The van der Waals surface area contributed by atoms with Crippen molar-refractivity contribution in [2.75, 3.05) is 13.2 Å². The van der Waals surface area contributed by atoms with Crippen LogP contribution in [0.1, 0.15) is 39.5 Å². The topological polar surface area (TPSA) is 115 Å². The fraction of sp³-hybridized carbons (Fsp3) is 0.290. The van der Waals surface area contributed by atoms with Crippen LogP contribution in [0.25, 0.3) is 34.2 Å². The van der Waals surface area contributed by atoms with Gasteiger partial charge in [0.2, 0.25) is 0 Å². The maximum Gasteiger partial charge on any atom is 0.309 e. The van der Waals surface area contributed by atoms with Crippen molar-refractivity contribution in [1.82, 2.24) is 15.0 Å². The second-order valence-corrected chi connectivity index (χ2v) is 9.14. The van der Waals surface area contributed by atoms with Crippen LogP contribution in [0.4, 0.5) is 0 Å². The van der Waals surface area contributed by atoms with E-state index in [1.54, 1.807) is 0 Å². The van der Waals surface area contributed by atoms with E-state index in [1.165, 1.54) is 12.1 Å². The molecule has 1 heterocycles. The monoisotopic (exact) mass is 527 g/mol. The number of aromatic hydroxyl groups is 2. The summed E-state index contributed by atoms with van der Waals surface area (Å²) in [7, 11) is 0. The zero-order valence-electron chi connectivity index (χ0n) is 22.2. The summed E-state index contributed by atoms with van der Waals surface area (Å²) < 4.78 is 11.0. The summed E-state index contributed by atoms with van der Waals surface area (Å²) in [6, 6.07) is 21.6. The van der Waals surface area contributed by atoms with Crippen LogP contribution in [0.15, 0.2) is 72.8 Å². The molecule has 8 nitrogen and oxygen atoms in total. The van der Waals surface area contributed by atoms with E-state index in [9.17, 15) is 15.0 Å². The predicted molar refractivity (Wildman–Crippen MR) is 149 cm³/mol. The molecule has 8 heteroatoms. The fourth-order valence-electron chi connectivity index (χ4n) is 4.18. The Morgan fingerprint density at radius 3 is 1.85 bits per heavy atom. The van der Waals surface area contributed by atoms with Crippen LogP contribution in [-0.4, -0.2) is 44.3 Å². The van der Waals surface area contributed by atoms with Crippen LogP contribution < -0.4 is 4.74 Å². The van der Waals surface area contributed by atoms with Crippen molar-refractivity contribution in [3.63, 3.8) is 0 Å². The maximum atomic E-state index is 12.3. The Bertz CT molecular complexity index is 1300. The Balaban J connectivity index is 1.54. The van der Waals surface area contributed by atoms with Crippen LogP contribution in [0.2, 0.25) is 0 Å². The van der Waals surface area contributed by atoms with Gasteiger partial charge in [0, 0.05) is 23.3 Å². The summed E-state index contributed by atoms with van der Waals surface area (Å²) in [4.78, 5) is 26.0. The number of nitrogens with zero attached hydrogens (tertiary/aromatic N) is 3. The van der Waals surface area contributed by atoms with Crippen molar-refractivity contribution in [2.24, 2.45) is 5.92 Å².